The van der Waals surface area contributed by atoms with Gasteiger partial charge in [-0.3, -0.25) is 9.69 Å². The highest BCUT2D eigenvalue weighted by Gasteiger charge is 2.39. The molecule has 0 radical (unpaired) electrons. The Labute approximate surface area is 162 Å². The van der Waals surface area contributed by atoms with E-state index in [1.807, 2.05) is 49.0 Å². The number of carbonyl (C=O) groups is 1. The van der Waals surface area contributed by atoms with Crippen molar-refractivity contribution < 1.29 is 4.79 Å². The zero-order chi connectivity index (χ0) is 18.4. The fourth-order valence-electron chi connectivity index (χ4n) is 4.39. The molecule has 2 aliphatic rings. The molecule has 144 valence electrons. The number of carbonyl (C=O) groups excluding carboxylic acids is 1. The molecule has 1 saturated carbocycles. The van der Waals surface area contributed by atoms with E-state index in [0.29, 0.717) is 0 Å². The number of nitrogens with one attached hydrogen (secondary N) is 1. The molecule has 1 aliphatic heterocycles. The van der Waals surface area contributed by atoms with Crippen LogP contribution in [-0.2, 0) is 4.79 Å². The Kier molecular flexibility index (Phi) is 7.01. The van der Waals surface area contributed by atoms with Crippen molar-refractivity contribution in [2.45, 2.75) is 50.6 Å². The van der Waals surface area contributed by atoms with Crippen LogP contribution >= 0.6 is 11.8 Å². The molecule has 1 aromatic rings. The number of amides is 1. The Bertz CT molecular complexity index is 568. The summed E-state index contributed by atoms with van der Waals surface area (Å²) in [6.45, 7) is 5.01. The van der Waals surface area contributed by atoms with Crippen molar-refractivity contribution >= 4 is 17.7 Å². The van der Waals surface area contributed by atoms with Crippen LogP contribution in [0.4, 0.5) is 0 Å². The molecule has 5 heteroatoms. The van der Waals surface area contributed by atoms with Crippen molar-refractivity contribution in [2.75, 3.05) is 31.1 Å². The molecule has 4 nitrogen and oxygen atoms in total. The number of benzene rings is 1. The standard InChI is InChI=1S/C21H33N3OS/c1-17(19(22)18-8-4-2-5-9-18)20(25)23-16-21(10-6-3-7-11-21)24-12-14-26-15-13-24/h2,4-5,8-9,17,19H,3,6-7,10-16,22H2,1H3,(H,23,25). The summed E-state index contributed by atoms with van der Waals surface area (Å²) in [4.78, 5) is 15.5. The van der Waals surface area contributed by atoms with Crippen molar-refractivity contribution in [2.24, 2.45) is 11.7 Å². The fraction of sp³-hybridized carbons (Fsp3) is 0.667. The van der Waals surface area contributed by atoms with Gasteiger partial charge >= 0.3 is 0 Å². The Morgan fingerprint density at radius 2 is 1.85 bits per heavy atom. The minimum absolute atomic E-state index is 0.0812. The van der Waals surface area contributed by atoms with Crippen LogP contribution < -0.4 is 11.1 Å². The van der Waals surface area contributed by atoms with Crippen molar-refractivity contribution in [1.82, 2.24) is 10.2 Å². The van der Waals surface area contributed by atoms with Gasteiger partial charge in [0.1, 0.15) is 0 Å². The molecule has 2 unspecified atom stereocenters. The zero-order valence-corrected chi connectivity index (χ0v) is 16.8. The summed E-state index contributed by atoms with van der Waals surface area (Å²) in [5.74, 6) is 2.28. The summed E-state index contributed by atoms with van der Waals surface area (Å²) in [6, 6.07) is 9.68. The molecule has 0 bridgehead atoms. The first-order valence-corrected chi connectivity index (χ1v) is 11.2. The first-order chi connectivity index (χ1) is 12.6. The fourth-order valence-corrected chi connectivity index (χ4v) is 5.30. The molecule has 2 fully saturated rings. The van der Waals surface area contributed by atoms with Gasteiger partial charge in [0.05, 0.1) is 5.92 Å². The molecule has 3 rings (SSSR count). The van der Waals surface area contributed by atoms with Crippen molar-refractivity contribution in [1.29, 1.82) is 0 Å². The van der Waals surface area contributed by atoms with Crippen molar-refractivity contribution in [3.63, 3.8) is 0 Å². The molecule has 1 saturated heterocycles. The summed E-state index contributed by atoms with van der Waals surface area (Å²) < 4.78 is 0. The molecule has 1 aliphatic carbocycles. The predicted octanol–water partition coefficient (Wildman–Crippen LogP) is 3.19. The highest BCUT2D eigenvalue weighted by Crippen LogP contribution is 2.35. The van der Waals surface area contributed by atoms with E-state index in [4.69, 9.17) is 5.73 Å². The van der Waals surface area contributed by atoms with Gasteiger partial charge in [-0.25, -0.2) is 0 Å². The normalized spacial score (nSPS) is 23.2. The van der Waals surface area contributed by atoms with Crippen LogP contribution in [0, 0.1) is 5.92 Å². The molecule has 0 aromatic heterocycles. The van der Waals surface area contributed by atoms with Gasteiger partial charge in [-0.05, 0) is 18.4 Å². The molecule has 1 amide bonds. The minimum Gasteiger partial charge on any atom is -0.354 e. The van der Waals surface area contributed by atoms with Gasteiger partial charge in [-0.15, -0.1) is 0 Å². The largest absolute Gasteiger partial charge is 0.354 e. The van der Waals surface area contributed by atoms with Gasteiger partial charge in [-0.2, -0.15) is 11.8 Å². The second-order valence-electron chi connectivity index (χ2n) is 7.83. The molecule has 1 heterocycles. The monoisotopic (exact) mass is 375 g/mol. The topological polar surface area (TPSA) is 58.4 Å². The lowest BCUT2D eigenvalue weighted by molar-refractivity contribution is -0.126. The number of nitrogens with zero attached hydrogens (tertiary/aromatic N) is 1. The lowest BCUT2D eigenvalue weighted by Gasteiger charge is -2.48. The zero-order valence-electron chi connectivity index (χ0n) is 16.0. The Morgan fingerprint density at radius 1 is 1.19 bits per heavy atom. The van der Waals surface area contributed by atoms with Crippen LogP contribution in [0.25, 0.3) is 0 Å². The summed E-state index contributed by atoms with van der Waals surface area (Å²) in [6.07, 6.45) is 6.29. The molecule has 1 aromatic carbocycles. The van der Waals surface area contributed by atoms with Crippen molar-refractivity contribution in [3.8, 4) is 0 Å². The molecule has 3 N–H and O–H groups in total. The lowest BCUT2D eigenvalue weighted by atomic mass is 9.79. The average Bonchev–Trinajstić information content (AvgIpc) is 2.73. The molecular formula is C21H33N3OS. The highest BCUT2D eigenvalue weighted by atomic mass is 32.2. The SMILES string of the molecule is CC(C(=O)NCC1(N2CCSCC2)CCCCC1)C(N)c1ccccc1. The summed E-state index contributed by atoms with van der Waals surface area (Å²) in [5.41, 5.74) is 7.53. The first kappa shape index (κ1) is 19.7. The van der Waals surface area contributed by atoms with E-state index < -0.39 is 0 Å². The van der Waals surface area contributed by atoms with E-state index in [-0.39, 0.29) is 23.4 Å². The second-order valence-corrected chi connectivity index (χ2v) is 9.05. The van der Waals surface area contributed by atoms with Crippen LogP contribution in [-0.4, -0.2) is 47.5 Å². The summed E-state index contributed by atoms with van der Waals surface area (Å²) in [7, 11) is 0. The van der Waals surface area contributed by atoms with Crippen molar-refractivity contribution in [3.05, 3.63) is 35.9 Å². The van der Waals surface area contributed by atoms with Crippen LogP contribution in [0.1, 0.15) is 50.6 Å². The Hall–Kier alpha value is -1.04. The van der Waals surface area contributed by atoms with Gasteiger partial charge < -0.3 is 11.1 Å². The minimum atomic E-state index is -0.259. The van der Waals surface area contributed by atoms with Crippen LogP contribution in [0.2, 0.25) is 0 Å². The Balaban J connectivity index is 1.61. The number of hydrogen-bond acceptors (Lipinski definition) is 4. The van der Waals surface area contributed by atoms with Gasteiger partial charge in [0.2, 0.25) is 5.91 Å². The molecular weight excluding hydrogens is 342 g/mol. The van der Waals surface area contributed by atoms with E-state index in [1.54, 1.807) is 0 Å². The number of hydrogen-bond donors (Lipinski definition) is 2. The van der Waals surface area contributed by atoms with Gasteiger partial charge in [-0.1, -0.05) is 56.5 Å². The summed E-state index contributed by atoms with van der Waals surface area (Å²) in [5, 5.41) is 3.27. The number of thioether (sulfide) groups is 1. The third-order valence-corrected chi connectivity index (χ3v) is 7.14. The smallest absolute Gasteiger partial charge is 0.224 e. The van der Waals surface area contributed by atoms with E-state index in [1.165, 1.54) is 43.6 Å². The second kappa shape index (κ2) is 9.25. The Morgan fingerprint density at radius 3 is 2.50 bits per heavy atom. The maximum Gasteiger partial charge on any atom is 0.224 e. The maximum absolute atomic E-state index is 12.8. The maximum atomic E-state index is 12.8. The first-order valence-electron chi connectivity index (χ1n) is 10.0. The molecule has 2 atom stereocenters. The van der Waals surface area contributed by atoms with E-state index in [9.17, 15) is 4.79 Å². The number of rotatable bonds is 6. The van der Waals surface area contributed by atoms with E-state index in [0.717, 1.165) is 25.2 Å². The van der Waals surface area contributed by atoms with E-state index in [2.05, 4.69) is 10.2 Å². The number of nitrogens with two attached hydrogens (primary N) is 1. The predicted molar refractivity (Wildman–Crippen MR) is 110 cm³/mol. The third-order valence-electron chi connectivity index (χ3n) is 6.19. The summed E-state index contributed by atoms with van der Waals surface area (Å²) >= 11 is 2.05. The lowest BCUT2D eigenvalue weighted by Crippen LogP contribution is -2.59. The average molecular weight is 376 g/mol. The van der Waals surface area contributed by atoms with Gasteiger partial charge in [0, 0.05) is 42.7 Å². The highest BCUT2D eigenvalue weighted by molar-refractivity contribution is 7.99. The van der Waals surface area contributed by atoms with E-state index >= 15 is 0 Å². The van der Waals surface area contributed by atoms with Gasteiger partial charge in [0.25, 0.3) is 0 Å². The van der Waals surface area contributed by atoms with Crippen LogP contribution in [0.5, 0.6) is 0 Å². The molecule has 26 heavy (non-hydrogen) atoms. The quantitative estimate of drug-likeness (QED) is 0.802. The van der Waals surface area contributed by atoms with Crippen LogP contribution in [0.15, 0.2) is 30.3 Å². The van der Waals surface area contributed by atoms with Crippen LogP contribution in [0.3, 0.4) is 0 Å². The molecule has 0 spiro atoms. The third kappa shape index (κ3) is 4.62. The van der Waals surface area contributed by atoms with Gasteiger partial charge in [0.15, 0.2) is 0 Å².